The number of aromatic nitrogens is 2. The lowest BCUT2D eigenvalue weighted by atomic mass is 10.1. The maximum Gasteiger partial charge on any atom is 0.170 e. The first-order valence-electron chi connectivity index (χ1n) is 6.30. The molecule has 0 aliphatic carbocycles. The molecular formula is C13H15N3O2S2. The molecule has 1 atom stereocenters. The Balaban J connectivity index is 1.66. The molecule has 0 saturated heterocycles. The van der Waals surface area contributed by atoms with E-state index in [-0.39, 0.29) is 6.04 Å². The third kappa shape index (κ3) is 3.05. The van der Waals surface area contributed by atoms with Gasteiger partial charge in [-0.1, -0.05) is 17.8 Å². The van der Waals surface area contributed by atoms with Crippen molar-refractivity contribution in [1.29, 1.82) is 0 Å². The first-order valence-corrected chi connectivity index (χ1v) is 8.06. The number of aryl methyl sites for hydroxylation is 1. The molecule has 1 aliphatic rings. The van der Waals surface area contributed by atoms with E-state index in [0.29, 0.717) is 13.2 Å². The largest absolute Gasteiger partial charge is 0.486 e. The van der Waals surface area contributed by atoms with E-state index >= 15 is 0 Å². The van der Waals surface area contributed by atoms with Crippen LogP contribution in [-0.4, -0.2) is 28.3 Å². The van der Waals surface area contributed by atoms with Gasteiger partial charge in [-0.3, -0.25) is 0 Å². The van der Waals surface area contributed by atoms with E-state index in [1.807, 2.05) is 25.1 Å². The van der Waals surface area contributed by atoms with Gasteiger partial charge in [-0.15, -0.1) is 0 Å². The highest BCUT2D eigenvalue weighted by Gasteiger charge is 2.15. The summed E-state index contributed by atoms with van der Waals surface area (Å²) in [5.74, 6) is 3.14. The minimum atomic E-state index is -0.0694. The lowest BCUT2D eigenvalue weighted by Gasteiger charge is -2.20. The Morgan fingerprint density at radius 1 is 1.35 bits per heavy atom. The second-order valence-corrected chi connectivity index (χ2v) is 6.45. The second kappa shape index (κ2) is 5.99. The predicted octanol–water partition coefficient (Wildman–Crippen LogP) is 2.41. The molecule has 7 heteroatoms. The van der Waals surface area contributed by atoms with Crippen LogP contribution in [0.25, 0.3) is 0 Å². The smallest absolute Gasteiger partial charge is 0.170 e. The molecular weight excluding hydrogens is 294 g/mol. The number of hydrogen-bond donors (Lipinski definition) is 1. The van der Waals surface area contributed by atoms with Crippen molar-refractivity contribution in [3.05, 3.63) is 29.6 Å². The molecule has 0 saturated carbocycles. The zero-order valence-electron chi connectivity index (χ0n) is 11.0. The minimum Gasteiger partial charge on any atom is -0.486 e. The molecule has 1 unspecified atom stereocenters. The van der Waals surface area contributed by atoms with Crippen LogP contribution in [0.2, 0.25) is 0 Å². The Hall–Kier alpha value is -1.31. The van der Waals surface area contributed by atoms with Crippen molar-refractivity contribution in [1.82, 2.24) is 9.36 Å². The van der Waals surface area contributed by atoms with Gasteiger partial charge in [-0.25, -0.2) is 4.98 Å². The monoisotopic (exact) mass is 309 g/mol. The number of fused-ring (bicyclic) bond motifs is 1. The van der Waals surface area contributed by atoms with Crippen molar-refractivity contribution in [2.75, 3.05) is 19.0 Å². The third-order valence-corrected chi connectivity index (χ3v) is 4.93. The van der Waals surface area contributed by atoms with Crippen LogP contribution < -0.4 is 15.2 Å². The average molecular weight is 309 g/mol. The summed E-state index contributed by atoms with van der Waals surface area (Å²) in [6.45, 7) is 3.08. The van der Waals surface area contributed by atoms with Crippen LogP contribution in [0, 0.1) is 6.92 Å². The molecule has 0 bridgehead atoms. The van der Waals surface area contributed by atoms with E-state index in [2.05, 4.69) is 9.36 Å². The van der Waals surface area contributed by atoms with Gasteiger partial charge in [0.25, 0.3) is 0 Å². The number of ether oxygens (including phenoxy) is 2. The van der Waals surface area contributed by atoms with Gasteiger partial charge in [-0.2, -0.15) is 4.37 Å². The highest BCUT2D eigenvalue weighted by atomic mass is 32.2. The molecule has 0 radical (unpaired) electrons. The quantitative estimate of drug-likeness (QED) is 0.875. The van der Waals surface area contributed by atoms with Crippen LogP contribution in [0.4, 0.5) is 0 Å². The van der Waals surface area contributed by atoms with Gasteiger partial charge < -0.3 is 15.2 Å². The Labute approximate surface area is 125 Å². The maximum atomic E-state index is 6.22. The third-order valence-electron chi connectivity index (χ3n) is 2.89. The van der Waals surface area contributed by atoms with Crippen molar-refractivity contribution in [3.63, 3.8) is 0 Å². The van der Waals surface area contributed by atoms with E-state index in [1.165, 1.54) is 11.5 Å². The highest BCUT2D eigenvalue weighted by Crippen LogP contribution is 2.33. The van der Waals surface area contributed by atoms with Crippen molar-refractivity contribution >= 4 is 23.3 Å². The SMILES string of the molecule is Cc1nsc(SCC(N)c2ccc3c(c2)OCCO3)n1. The van der Waals surface area contributed by atoms with Crippen LogP contribution in [0.15, 0.2) is 22.5 Å². The van der Waals surface area contributed by atoms with Crippen molar-refractivity contribution in [2.24, 2.45) is 5.73 Å². The molecule has 1 aromatic carbocycles. The highest BCUT2D eigenvalue weighted by molar-refractivity contribution is 8.00. The van der Waals surface area contributed by atoms with E-state index in [4.69, 9.17) is 15.2 Å². The van der Waals surface area contributed by atoms with Crippen LogP contribution in [-0.2, 0) is 0 Å². The minimum absolute atomic E-state index is 0.0694. The lowest BCUT2D eigenvalue weighted by Crippen LogP contribution is -2.17. The van der Waals surface area contributed by atoms with Crippen molar-refractivity contribution in [3.8, 4) is 11.5 Å². The van der Waals surface area contributed by atoms with Gasteiger partial charge >= 0.3 is 0 Å². The first kappa shape index (κ1) is 13.7. The van der Waals surface area contributed by atoms with Gasteiger partial charge in [0.2, 0.25) is 0 Å². The lowest BCUT2D eigenvalue weighted by molar-refractivity contribution is 0.171. The normalized spacial score (nSPS) is 15.1. The molecule has 1 aliphatic heterocycles. The molecule has 2 aromatic rings. The van der Waals surface area contributed by atoms with Crippen LogP contribution in [0.1, 0.15) is 17.4 Å². The molecule has 0 amide bonds. The fourth-order valence-corrected chi connectivity index (χ4v) is 3.55. The summed E-state index contributed by atoms with van der Waals surface area (Å²) in [5.41, 5.74) is 7.27. The zero-order chi connectivity index (χ0) is 13.9. The molecule has 106 valence electrons. The summed E-state index contributed by atoms with van der Waals surface area (Å²) in [7, 11) is 0. The number of benzene rings is 1. The zero-order valence-corrected chi connectivity index (χ0v) is 12.7. The predicted molar refractivity (Wildman–Crippen MR) is 79.7 cm³/mol. The summed E-state index contributed by atoms with van der Waals surface area (Å²) in [6.07, 6.45) is 0. The van der Waals surface area contributed by atoms with Crippen molar-refractivity contribution in [2.45, 2.75) is 17.3 Å². The molecule has 2 N–H and O–H groups in total. The Kier molecular flexibility index (Phi) is 4.09. The summed E-state index contributed by atoms with van der Waals surface area (Å²) in [5, 5.41) is 0. The number of nitrogens with two attached hydrogens (primary N) is 1. The van der Waals surface area contributed by atoms with E-state index in [9.17, 15) is 0 Å². The molecule has 5 nitrogen and oxygen atoms in total. The molecule has 3 rings (SSSR count). The fraction of sp³-hybridized carbons (Fsp3) is 0.385. The summed E-state index contributed by atoms with van der Waals surface area (Å²) in [4.78, 5) is 4.32. The number of nitrogens with zero attached hydrogens (tertiary/aromatic N) is 2. The second-order valence-electron chi connectivity index (χ2n) is 4.43. The van der Waals surface area contributed by atoms with Gasteiger partial charge in [0.1, 0.15) is 19.0 Å². The van der Waals surface area contributed by atoms with Gasteiger partial charge in [0, 0.05) is 11.8 Å². The Bertz CT molecular complexity index is 603. The summed E-state index contributed by atoms with van der Waals surface area (Å²) >= 11 is 3.04. The molecule has 2 heterocycles. The molecule has 0 fully saturated rings. The first-order chi connectivity index (χ1) is 9.72. The Morgan fingerprint density at radius 3 is 2.90 bits per heavy atom. The van der Waals surface area contributed by atoms with E-state index in [0.717, 1.165) is 33.0 Å². The standard InChI is InChI=1S/C13H15N3O2S2/c1-8-15-13(20-16-8)19-7-10(14)9-2-3-11-12(6-9)18-5-4-17-11/h2-3,6,10H,4-5,7,14H2,1H3. The van der Waals surface area contributed by atoms with Gasteiger partial charge in [0.15, 0.2) is 15.8 Å². The number of hydrogen-bond acceptors (Lipinski definition) is 7. The number of rotatable bonds is 4. The molecule has 20 heavy (non-hydrogen) atoms. The molecule has 0 spiro atoms. The topological polar surface area (TPSA) is 70.3 Å². The average Bonchev–Trinajstić information content (AvgIpc) is 2.90. The van der Waals surface area contributed by atoms with E-state index in [1.54, 1.807) is 11.8 Å². The molecule has 1 aromatic heterocycles. The summed E-state index contributed by atoms with van der Waals surface area (Å²) < 4.78 is 16.2. The van der Waals surface area contributed by atoms with Crippen LogP contribution in [0.3, 0.4) is 0 Å². The van der Waals surface area contributed by atoms with Crippen molar-refractivity contribution < 1.29 is 9.47 Å². The fourth-order valence-electron chi connectivity index (χ4n) is 1.88. The van der Waals surface area contributed by atoms with Crippen LogP contribution in [0.5, 0.6) is 11.5 Å². The van der Waals surface area contributed by atoms with Gasteiger partial charge in [-0.05, 0) is 36.2 Å². The number of thioether (sulfide) groups is 1. The maximum absolute atomic E-state index is 6.22. The van der Waals surface area contributed by atoms with Crippen LogP contribution >= 0.6 is 23.3 Å². The van der Waals surface area contributed by atoms with Gasteiger partial charge in [0.05, 0.1) is 0 Å². The summed E-state index contributed by atoms with van der Waals surface area (Å²) in [6, 6.07) is 5.80. The Morgan fingerprint density at radius 2 is 2.15 bits per heavy atom. The van der Waals surface area contributed by atoms with E-state index < -0.39 is 0 Å².